The van der Waals surface area contributed by atoms with Gasteiger partial charge < -0.3 is 61.4 Å². The number of nitrogens with zero attached hydrogens (tertiary/aromatic N) is 4. The van der Waals surface area contributed by atoms with Crippen LogP contribution in [0.15, 0.2) is 48.8 Å². The zero-order valence-corrected chi connectivity index (χ0v) is 37.9. The predicted molar refractivity (Wildman–Crippen MR) is 242 cm³/mol. The van der Waals surface area contributed by atoms with Crippen LogP contribution in [0.3, 0.4) is 0 Å². The van der Waals surface area contributed by atoms with Crippen LogP contribution in [0.1, 0.15) is 46.0 Å². The van der Waals surface area contributed by atoms with Gasteiger partial charge in [-0.3, -0.25) is 28.5 Å². The van der Waals surface area contributed by atoms with Crippen LogP contribution in [0.5, 0.6) is 0 Å². The van der Waals surface area contributed by atoms with Gasteiger partial charge in [0.05, 0.1) is 71.2 Å². The molecule has 2 aromatic carbocycles. The Balaban J connectivity index is 1.25. The molecule has 18 nitrogen and oxygen atoms in total. The van der Waals surface area contributed by atoms with E-state index in [2.05, 4.69) is 31.9 Å². The minimum absolute atomic E-state index is 0.0724. The Morgan fingerprint density at radius 1 is 0.692 bits per heavy atom. The number of amides is 4. The summed E-state index contributed by atoms with van der Waals surface area (Å²) in [6.07, 6.45) is 3.58. The number of β-amino-alcohol motifs (C(OH)–C–C–N with tert-alkyl or cyclic N) is 2. The number of aliphatic hydroxyl groups excluding tert-OH is 2. The van der Waals surface area contributed by atoms with Crippen molar-refractivity contribution in [3.63, 3.8) is 0 Å². The monoisotopic (exact) mass is 910 g/mol. The molecular weight excluding hydrogens is 847 g/mol. The number of methoxy groups -OCH3 is 2. The zero-order valence-electron chi connectivity index (χ0n) is 37.9. The Bertz CT molecular complexity index is 2290. The number of nitrogens with one attached hydrogen (secondary N) is 6. The van der Waals surface area contributed by atoms with Crippen molar-refractivity contribution >= 4 is 56.8 Å². The lowest BCUT2D eigenvalue weighted by molar-refractivity contribution is -0.138. The van der Waals surface area contributed by atoms with Crippen LogP contribution in [0, 0.1) is 11.6 Å². The summed E-state index contributed by atoms with van der Waals surface area (Å²) < 4.78 is 43.9. The SMILES string of the molecule is CN[C@@H](C)C(=O)NC(CCCOC)C(=O)N1C[C@@H](O)C[C@H]1CNc1cn(-n2cc(NC[C@@H]3C[C@H](O)CN3C(=O)[C@H](CCOC)NC(=O)[C@H](C)NC)c3ccc(F)cc32)c2cc(F)ccc12. The van der Waals surface area contributed by atoms with Crippen LogP contribution >= 0.6 is 0 Å². The average Bonchev–Trinajstić information content (AvgIpc) is 4.06. The third-order valence-electron chi connectivity index (χ3n) is 12.5. The van der Waals surface area contributed by atoms with E-state index in [9.17, 15) is 29.4 Å². The van der Waals surface area contributed by atoms with E-state index in [1.807, 2.05) is 0 Å². The van der Waals surface area contributed by atoms with Crippen molar-refractivity contribution in [1.29, 1.82) is 0 Å². The number of halogens is 2. The zero-order chi connectivity index (χ0) is 46.9. The number of carbonyl (C=O) groups is 4. The molecule has 0 aliphatic carbocycles. The standard InChI is InChI=1S/C45H64F2N10O8/c1-26(48-3)42(60)52-36(8-7-14-64-5)44(62)54-22-32(58)18-30(54)20-50-38-24-56(40-16-28(46)9-11-34(38)40)57-25-39(35-12-10-29(47)17-41(35)57)51-21-31-19-33(59)23-55(31)45(63)37(13-15-65-6)53-43(61)27(2)49-4/h9-12,16-17,24-27,30-33,36-37,48-51,58-59H,7-8,13-15,18-23H2,1-6H3,(H,52,60)(H,53,61)/t26-,27-,30-,31-,32-,33-,36?,37-/m0/s1. The van der Waals surface area contributed by atoms with E-state index in [0.29, 0.717) is 52.6 Å². The maximum atomic E-state index is 15.1. The van der Waals surface area contributed by atoms with Gasteiger partial charge in [0, 0.05) is 76.5 Å². The molecule has 2 fully saturated rings. The fourth-order valence-electron chi connectivity index (χ4n) is 8.61. The van der Waals surface area contributed by atoms with Gasteiger partial charge in [0.1, 0.15) is 23.7 Å². The number of carbonyl (C=O) groups excluding carboxylic acids is 4. The Morgan fingerprint density at radius 3 is 1.54 bits per heavy atom. The van der Waals surface area contributed by atoms with Crippen LogP contribution in [0.4, 0.5) is 20.2 Å². The number of rotatable bonds is 22. The first-order valence-electron chi connectivity index (χ1n) is 22.2. The summed E-state index contributed by atoms with van der Waals surface area (Å²) in [7, 11) is 6.38. The molecule has 356 valence electrons. The van der Waals surface area contributed by atoms with Gasteiger partial charge in [-0.2, -0.15) is 0 Å². The number of hydrogen-bond acceptors (Lipinski definition) is 12. The van der Waals surface area contributed by atoms with E-state index in [1.165, 1.54) is 31.4 Å². The summed E-state index contributed by atoms with van der Waals surface area (Å²) in [6, 6.07) is 4.95. The van der Waals surface area contributed by atoms with Crippen molar-refractivity contribution in [2.24, 2.45) is 0 Å². The number of fused-ring (bicyclic) bond motifs is 2. The summed E-state index contributed by atoms with van der Waals surface area (Å²) in [5, 5.41) is 41.1. The van der Waals surface area contributed by atoms with Crippen LogP contribution in [0.25, 0.3) is 21.8 Å². The first-order valence-corrected chi connectivity index (χ1v) is 22.2. The Morgan fingerprint density at radius 2 is 1.12 bits per heavy atom. The third kappa shape index (κ3) is 11.5. The second-order valence-electron chi connectivity index (χ2n) is 17.0. The van der Waals surface area contributed by atoms with Gasteiger partial charge in [-0.25, -0.2) is 8.78 Å². The average molecular weight is 911 g/mol. The largest absolute Gasteiger partial charge is 0.391 e. The number of likely N-dealkylation sites (N-methyl/N-ethyl adjacent to an activating group) is 2. The molecule has 6 rings (SSSR count). The van der Waals surface area contributed by atoms with E-state index in [1.54, 1.807) is 78.7 Å². The molecule has 8 atom stereocenters. The molecule has 2 aromatic heterocycles. The Hall–Kier alpha value is -5.38. The van der Waals surface area contributed by atoms with E-state index in [-0.39, 0.29) is 75.7 Å². The molecule has 4 heterocycles. The molecule has 0 spiro atoms. The minimum atomic E-state index is -0.883. The highest BCUT2D eigenvalue weighted by Crippen LogP contribution is 2.33. The molecule has 2 saturated heterocycles. The first-order chi connectivity index (χ1) is 31.2. The van der Waals surface area contributed by atoms with Gasteiger partial charge in [-0.05, 0) is 84.3 Å². The molecule has 4 amide bonds. The summed E-state index contributed by atoms with van der Waals surface area (Å²) in [5.74, 6) is -2.34. The summed E-state index contributed by atoms with van der Waals surface area (Å²) in [5.41, 5.74) is 2.07. The van der Waals surface area contributed by atoms with Crippen molar-refractivity contribution in [2.75, 3.05) is 78.3 Å². The highest BCUT2D eigenvalue weighted by atomic mass is 19.1. The molecule has 65 heavy (non-hydrogen) atoms. The van der Waals surface area contributed by atoms with Crippen molar-refractivity contribution in [3.8, 4) is 0 Å². The van der Waals surface area contributed by atoms with Gasteiger partial charge in [0.15, 0.2) is 0 Å². The molecular formula is C45H64F2N10O8. The fraction of sp³-hybridized carbons (Fsp3) is 0.556. The molecule has 2 aliphatic rings. The lowest BCUT2D eigenvalue weighted by atomic mass is 10.1. The van der Waals surface area contributed by atoms with Gasteiger partial charge in [-0.1, -0.05) is 0 Å². The van der Waals surface area contributed by atoms with Crippen LogP contribution in [-0.2, 0) is 28.7 Å². The van der Waals surface area contributed by atoms with Crippen molar-refractivity contribution in [1.82, 2.24) is 40.4 Å². The topological polar surface area (TPSA) is 216 Å². The molecule has 0 bridgehead atoms. The van der Waals surface area contributed by atoms with Crippen LogP contribution in [-0.4, -0.2) is 169 Å². The maximum absolute atomic E-state index is 15.1. The first kappa shape index (κ1) is 49.1. The highest BCUT2D eigenvalue weighted by molar-refractivity contribution is 5.96. The number of anilines is 2. The van der Waals surface area contributed by atoms with E-state index in [4.69, 9.17) is 9.47 Å². The number of aliphatic hydroxyl groups is 2. The Kier molecular flexibility index (Phi) is 16.8. The predicted octanol–water partition coefficient (Wildman–Crippen LogP) is 1.58. The van der Waals surface area contributed by atoms with Crippen molar-refractivity contribution < 1.29 is 47.6 Å². The number of likely N-dealkylation sites (tertiary alicyclic amines) is 2. The smallest absolute Gasteiger partial charge is 0.245 e. The van der Waals surface area contributed by atoms with E-state index in [0.717, 1.165) is 0 Å². The highest BCUT2D eigenvalue weighted by Gasteiger charge is 2.39. The van der Waals surface area contributed by atoms with Crippen molar-refractivity contribution in [2.45, 2.75) is 94.4 Å². The summed E-state index contributed by atoms with van der Waals surface area (Å²) in [6.45, 7) is 4.59. The normalized spacial score (nSPS) is 20.5. The lowest BCUT2D eigenvalue weighted by Crippen LogP contribution is -2.54. The maximum Gasteiger partial charge on any atom is 0.245 e. The molecule has 2 aliphatic heterocycles. The number of aromatic nitrogens is 2. The molecule has 20 heteroatoms. The third-order valence-corrected chi connectivity index (χ3v) is 12.5. The fourth-order valence-corrected chi connectivity index (χ4v) is 8.61. The molecule has 0 radical (unpaired) electrons. The van der Waals surface area contributed by atoms with Gasteiger partial charge in [0.2, 0.25) is 23.6 Å². The number of benzene rings is 2. The quantitative estimate of drug-likeness (QED) is 0.0528. The lowest BCUT2D eigenvalue weighted by Gasteiger charge is -2.30. The number of hydrogen-bond donors (Lipinski definition) is 8. The van der Waals surface area contributed by atoms with E-state index < -0.39 is 60.1 Å². The summed E-state index contributed by atoms with van der Waals surface area (Å²) in [4.78, 5) is 56.9. The second-order valence-corrected chi connectivity index (χ2v) is 17.0. The van der Waals surface area contributed by atoms with Crippen molar-refractivity contribution in [3.05, 3.63) is 60.4 Å². The molecule has 1 unspecified atom stereocenters. The number of ether oxygens (including phenoxy) is 2. The van der Waals surface area contributed by atoms with Gasteiger partial charge in [-0.15, -0.1) is 0 Å². The summed E-state index contributed by atoms with van der Waals surface area (Å²) >= 11 is 0. The van der Waals surface area contributed by atoms with E-state index >= 15 is 8.78 Å². The van der Waals surface area contributed by atoms with Gasteiger partial charge in [0.25, 0.3) is 0 Å². The minimum Gasteiger partial charge on any atom is -0.391 e. The van der Waals surface area contributed by atoms with Crippen LogP contribution < -0.4 is 31.9 Å². The second kappa shape index (κ2) is 22.2. The molecule has 0 saturated carbocycles. The van der Waals surface area contributed by atoms with Gasteiger partial charge >= 0.3 is 0 Å². The van der Waals surface area contributed by atoms with Crippen LogP contribution in [0.2, 0.25) is 0 Å². The molecule has 4 aromatic rings. The Labute approximate surface area is 377 Å². The molecule has 8 N–H and O–H groups in total.